The van der Waals surface area contributed by atoms with Gasteiger partial charge in [-0.25, -0.2) is 4.98 Å². The predicted octanol–water partition coefficient (Wildman–Crippen LogP) is 5.06. The molecule has 2 N–H and O–H groups in total. The van der Waals surface area contributed by atoms with E-state index in [9.17, 15) is 0 Å². The number of nitrogens with zero attached hydrogens (tertiary/aromatic N) is 4. The van der Waals surface area contributed by atoms with Gasteiger partial charge in [0.15, 0.2) is 11.5 Å². The number of benzene rings is 1. The Bertz CT molecular complexity index is 970. The topological polar surface area (TPSA) is 83.9 Å². The molecule has 0 spiro atoms. The standard InChI is InChI=1S/C26H36N6O2/c1-4-13-27-21(5-2)11-14-28-25-12-15-29-26(31-25)30-22-9-10-23(33-3)24(20-22)34-19-8-18-32-16-6-7-17-32/h4-5,9-10,12-13,15,20H,1,6-8,11,14,16-19H2,2-3H3,(H2,28,29,30,31)/b21-5-,27-13-. The molecule has 1 aliphatic rings. The Labute approximate surface area is 202 Å². The first-order chi connectivity index (χ1) is 16.7. The Hall–Kier alpha value is -3.39. The van der Waals surface area contributed by atoms with Gasteiger partial charge in [0, 0.05) is 49.4 Å². The van der Waals surface area contributed by atoms with Gasteiger partial charge in [-0.3, -0.25) is 4.99 Å². The number of aliphatic imine (C=N–C) groups is 1. The molecule has 3 rings (SSSR count). The lowest BCUT2D eigenvalue weighted by Gasteiger charge is -2.16. The molecule has 34 heavy (non-hydrogen) atoms. The maximum Gasteiger partial charge on any atom is 0.229 e. The van der Waals surface area contributed by atoms with Crippen LogP contribution in [0, 0.1) is 0 Å². The van der Waals surface area contributed by atoms with Gasteiger partial charge < -0.3 is 25.0 Å². The first-order valence-corrected chi connectivity index (χ1v) is 11.9. The van der Waals surface area contributed by atoms with Crippen LogP contribution in [0.2, 0.25) is 0 Å². The van der Waals surface area contributed by atoms with E-state index in [0.29, 0.717) is 30.6 Å². The van der Waals surface area contributed by atoms with Crippen LogP contribution < -0.4 is 20.1 Å². The second kappa shape index (κ2) is 14.0. The van der Waals surface area contributed by atoms with Gasteiger partial charge in [0.2, 0.25) is 5.95 Å². The zero-order valence-corrected chi connectivity index (χ0v) is 20.3. The summed E-state index contributed by atoms with van der Waals surface area (Å²) in [5.74, 6) is 2.67. The monoisotopic (exact) mass is 464 g/mol. The van der Waals surface area contributed by atoms with Gasteiger partial charge in [-0.15, -0.1) is 0 Å². The number of methoxy groups -OCH3 is 1. The minimum absolute atomic E-state index is 0.506. The van der Waals surface area contributed by atoms with Crippen molar-refractivity contribution >= 4 is 23.7 Å². The lowest BCUT2D eigenvalue weighted by molar-refractivity contribution is 0.254. The summed E-state index contributed by atoms with van der Waals surface area (Å²) in [6.45, 7) is 10.5. The van der Waals surface area contributed by atoms with Crippen LogP contribution in [-0.2, 0) is 0 Å². The first kappa shape index (κ1) is 25.2. The Morgan fingerprint density at radius 3 is 2.85 bits per heavy atom. The predicted molar refractivity (Wildman–Crippen MR) is 140 cm³/mol. The van der Waals surface area contributed by atoms with Gasteiger partial charge in [0.1, 0.15) is 5.82 Å². The van der Waals surface area contributed by atoms with E-state index in [-0.39, 0.29) is 0 Å². The third kappa shape index (κ3) is 8.19. The molecule has 2 aromatic rings. The van der Waals surface area contributed by atoms with Crippen LogP contribution in [0.5, 0.6) is 11.5 Å². The summed E-state index contributed by atoms with van der Waals surface area (Å²) in [6, 6.07) is 7.59. The van der Waals surface area contributed by atoms with Crippen molar-refractivity contribution in [2.45, 2.75) is 32.6 Å². The molecule has 0 bridgehead atoms. The van der Waals surface area contributed by atoms with E-state index < -0.39 is 0 Å². The minimum Gasteiger partial charge on any atom is -0.493 e. The molecule has 1 aromatic carbocycles. The molecule has 0 amide bonds. The molecule has 1 fully saturated rings. The molecular weight excluding hydrogens is 428 g/mol. The number of likely N-dealkylation sites (tertiary alicyclic amines) is 1. The van der Waals surface area contributed by atoms with Crippen molar-refractivity contribution in [3.63, 3.8) is 0 Å². The highest BCUT2D eigenvalue weighted by molar-refractivity contribution is 5.71. The van der Waals surface area contributed by atoms with Gasteiger partial charge in [0.05, 0.1) is 13.7 Å². The fraction of sp³-hybridized carbons (Fsp3) is 0.423. The highest BCUT2D eigenvalue weighted by Gasteiger charge is 2.11. The molecule has 1 saturated heterocycles. The molecule has 182 valence electrons. The zero-order chi connectivity index (χ0) is 24.0. The number of rotatable bonds is 14. The van der Waals surface area contributed by atoms with Crippen molar-refractivity contribution in [1.29, 1.82) is 0 Å². The van der Waals surface area contributed by atoms with E-state index in [2.05, 4.69) is 37.1 Å². The lowest BCUT2D eigenvalue weighted by atomic mass is 10.2. The van der Waals surface area contributed by atoms with E-state index >= 15 is 0 Å². The quantitative estimate of drug-likeness (QED) is 0.299. The molecular formula is C26H36N6O2. The van der Waals surface area contributed by atoms with E-state index in [4.69, 9.17) is 9.47 Å². The molecule has 0 unspecified atom stereocenters. The van der Waals surface area contributed by atoms with Gasteiger partial charge in [-0.2, -0.15) is 4.98 Å². The van der Waals surface area contributed by atoms with E-state index in [0.717, 1.165) is 36.6 Å². The molecule has 0 aliphatic carbocycles. The highest BCUT2D eigenvalue weighted by Crippen LogP contribution is 2.31. The molecule has 1 aliphatic heterocycles. The van der Waals surface area contributed by atoms with Crippen molar-refractivity contribution in [3.8, 4) is 11.5 Å². The van der Waals surface area contributed by atoms with E-state index in [1.165, 1.54) is 25.9 Å². The number of aromatic nitrogens is 2. The van der Waals surface area contributed by atoms with Gasteiger partial charge in [-0.05, 0) is 57.5 Å². The van der Waals surface area contributed by atoms with Crippen molar-refractivity contribution in [3.05, 3.63) is 54.9 Å². The van der Waals surface area contributed by atoms with Crippen molar-refractivity contribution in [1.82, 2.24) is 14.9 Å². The summed E-state index contributed by atoms with van der Waals surface area (Å²) in [7, 11) is 1.65. The number of hydrogen-bond acceptors (Lipinski definition) is 8. The van der Waals surface area contributed by atoms with Crippen LogP contribution in [0.15, 0.2) is 59.9 Å². The summed E-state index contributed by atoms with van der Waals surface area (Å²) in [5.41, 5.74) is 1.83. The van der Waals surface area contributed by atoms with E-state index in [1.807, 2.05) is 37.3 Å². The Morgan fingerprint density at radius 1 is 1.24 bits per heavy atom. The average molecular weight is 465 g/mol. The number of allylic oxidation sites excluding steroid dienone is 2. The second-order valence-electron chi connectivity index (χ2n) is 7.98. The summed E-state index contributed by atoms with van der Waals surface area (Å²) >= 11 is 0. The summed E-state index contributed by atoms with van der Waals surface area (Å²) < 4.78 is 11.5. The fourth-order valence-electron chi connectivity index (χ4n) is 3.74. The third-order valence-corrected chi connectivity index (χ3v) is 5.52. The minimum atomic E-state index is 0.506. The summed E-state index contributed by atoms with van der Waals surface area (Å²) in [6.07, 6.45) is 11.5. The van der Waals surface area contributed by atoms with Gasteiger partial charge in [-0.1, -0.05) is 18.7 Å². The van der Waals surface area contributed by atoms with Crippen molar-refractivity contribution in [2.75, 3.05) is 50.5 Å². The van der Waals surface area contributed by atoms with Crippen LogP contribution in [0.1, 0.15) is 32.6 Å². The molecule has 0 atom stereocenters. The number of nitrogens with one attached hydrogen (secondary N) is 2. The fourth-order valence-corrected chi connectivity index (χ4v) is 3.74. The third-order valence-electron chi connectivity index (χ3n) is 5.52. The van der Waals surface area contributed by atoms with Crippen molar-refractivity contribution in [2.24, 2.45) is 4.99 Å². The van der Waals surface area contributed by atoms with Crippen LogP contribution >= 0.6 is 0 Å². The molecule has 0 saturated carbocycles. The molecule has 2 heterocycles. The maximum atomic E-state index is 6.04. The van der Waals surface area contributed by atoms with Crippen molar-refractivity contribution < 1.29 is 9.47 Å². The maximum absolute atomic E-state index is 6.04. The smallest absolute Gasteiger partial charge is 0.229 e. The molecule has 8 heteroatoms. The van der Waals surface area contributed by atoms with Gasteiger partial charge in [0.25, 0.3) is 0 Å². The zero-order valence-electron chi connectivity index (χ0n) is 20.3. The highest BCUT2D eigenvalue weighted by atomic mass is 16.5. The van der Waals surface area contributed by atoms with E-state index in [1.54, 1.807) is 25.6 Å². The Balaban J connectivity index is 1.54. The van der Waals surface area contributed by atoms with Crippen LogP contribution in [-0.4, -0.2) is 61.0 Å². The second-order valence-corrected chi connectivity index (χ2v) is 7.98. The number of hydrogen-bond donors (Lipinski definition) is 2. The van der Waals surface area contributed by atoms with Crippen LogP contribution in [0.3, 0.4) is 0 Å². The summed E-state index contributed by atoms with van der Waals surface area (Å²) in [5, 5.41) is 6.58. The number of anilines is 3. The Morgan fingerprint density at radius 2 is 2.09 bits per heavy atom. The number of ether oxygens (including phenoxy) is 2. The molecule has 0 radical (unpaired) electrons. The molecule has 8 nitrogen and oxygen atoms in total. The van der Waals surface area contributed by atoms with Gasteiger partial charge >= 0.3 is 0 Å². The largest absolute Gasteiger partial charge is 0.493 e. The normalized spacial score (nSPS) is 14.4. The van der Waals surface area contributed by atoms with Crippen LogP contribution in [0.25, 0.3) is 0 Å². The Kier molecular flexibility index (Phi) is 10.4. The first-order valence-electron chi connectivity index (χ1n) is 11.9. The molecule has 1 aromatic heterocycles. The summed E-state index contributed by atoms with van der Waals surface area (Å²) in [4.78, 5) is 15.7. The SMILES string of the molecule is C=C/C=N\C(=C/C)CCNc1ccnc(Nc2ccc(OC)c(OCCCN3CCCC3)c2)n1. The average Bonchev–Trinajstić information content (AvgIpc) is 3.38. The van der Waals surface area contributed by atoms with Crippen LogP contribution in [0.4, 0.5) is 17.5 Å². The lowest BCUT2D eigenvalue weighted by Crippen LogP contribution is -2.21.